The van der Waals surface area contributed by atoms with Crippen LogP contribution >= 0.6 is 11.3 Å². The van der Waals surface area contributed by atoms with E-state index in [0.29, 0.717) is 42.4 Å². The van der Waals surface area contributed by atoms with Crippen LogP contribution in [0.5, 0.6) is 0 Å². The van der Waals surface area contributed by atoms with Crippen molar-refractivity contribution in [3.63, 3.8) is 0 Å². The van der Waals surface area contributed by atoms with Crippen LogP contribution in [0.2, 0.25) is 0 Å². The normalized spacial score (nSPS) is 25.0. The molecular weight excluding hydrogens is 513 g/mol. The number of alkyl halides is 3. The number of fused-ring (bicyclic) bond motifs is 1. The van der Waals surface area contributed by atoms with Gasteiger partial charge in [0.05, 0.1) is 40.2 Å². The number of nitrogens with one attached hydrogen (secondary N) is 2. The van der Waals surface area contributed by atoms with Crippen molar-refractivity contribution < 1.29 is 33.0 Å². The number of nitrogens with zero attached hydrogens (tertiary/aromatic N) is 4. The lowest BCUT2D eigenvalue weighted by Gasteiger charge is -2.29. The number of aromatic nitrogens is 3. The van der Waals surface area contributed by atoms with Crippen LogP contribution in [0, 0.1) is 12.8 Å². The SMILES string of the molecule is Cc1nc(NCC(F)(F)F)nc(N[C@@H]2C[C@H](CN3CCOCO3)[C@@H](O)[C@H]2O)c1-c1nc2ccccc2s1. The lowest BCUT2D eigenvalue weighted by molar-refractivity contribution is -0.272. The number of aliphatic hydroxyl groups is 2. The van der Waals surface area contributed by atoms with Crippen molar-refractivity contribution in [1.82, 2.24) is 20.0 Å². The summed E-state index contributed by atoms with van der Waals surface area (Å²) in [6.45, 7) is 1.95. The first-order chi connectivity index (χ1) is 17.7. The van der Waals surface area contributed by atoms with Gasteiger partial charge in [0.1, 0.15) is 23.5 Å². The second-order valence-corrected chi connectivity index (χ2v) is 10.1. The van der Waals surface area contributed by atoms with Crippen LogP contribution in [-0.2, 0) is 9.57 Å². The summed E-state index contributed by atoms with van der Waals surface area (Å²) in [5.74, 6) is -0.272. The number of ether oxygens (including phenoxy) is 1. The number of thiazole rings is 1. The maximum atomic E-state index is 12.8. The van der Waals surface area contributed by atoms with Gasteiger partial charge >= 0.3 is 6.18 Å². The predicted octanol–water partition coefficient (Wildman–Crippen LogP) is 2.78. The highest BCUT2D eigenvalue weighted by atomic mass is 32.1. The molecule has 4 N–H and O–H groups in total. The summed E-state index contributed by atoms with van der Waals surface area (Å²) in [4.78, 5) is 18.7. The molecule has 2 aromatic heterocycles. The number of hydroxylamine groups is 2. The fourth-order valence-corrected chi connectivity index (χ4v) is 5.67. The van der Waals surface area contributed by atoms with Gasteiger partial charge in [0.25, 0.3) is 0 Å². The fraction of sp³-hybridized carbons (Fsp3) is 0.522. The first kappa shape index (κ1) is 26.0. The van der Waals surface area contributed by atoms with Crippen LogP contribution in [0.3, 0.4) is 0 Å². The second-order valence-electron chi connectivity index (χ2n) is 9.08. The van der Waals surface area contributed by atoms with E-state index in [9.17, 15) is 23.4 Å². The van der Waals surface area contributed by atoms with Gasteiger partial charge in [-0.15, -0.1) is 11.3 Å². The monoisotopic (exact) mass is 540 g/mol. The average Bonchev–Trinajstić information content (AvgIpc) is 3.39. The van der Waals surface area contributed by atoms with E-state index >= 15 is 0 Å². The Hall–Kier alpha value is -2.62. The van der Waals surface area contributed by atoms with E-state index in [1.165, 1.54) is 11.3 Å². The summed E-state index contributed by atoms with van der Waals surface area (Å²) in [7, 11) is 0. The number of hydrogen-bond donors (Lipinski definition) is 4. The van der Waals surface area contributed by atoms with E-state index in [1.807, 2.05) is 24.3 Å². The van der Waals surface area contributed by atoms with Crippen molar-refractivity contribution in [2.45, 2.75) is 37.8 Å². The molecule has 0 amide bonds. The van der Waals surface area contributed by atoms with Gasteiger partial charge in [0.2, 0.25) is 5.95 Å². The number of para-hydroxylation sites is 1. The molecule has 0 unspecified atom stereocenters. The minimum absolute atomic E-state index is 0.131. The van der Waals surface area contributed by atoms with E-state index in [2.05, 4.69) is 25.6 Å². The Balaban J connectivity index is 1.44. The molecule has 2 fully saturated rings. The fourth-order valence-electron chi connectivity index (χ4n) is 4.60. The second kappa shape index (κ2) is 10.6. The highest BCUT2D eigenvalue weighted by Gasteiger charge is 2.43. The lowest BCUT2D eigenvalue weighted by Crippen LogP contribution is -2.41. The van der Waals surface area contributed by atoms with E-state index in [0.717, 1.165) is 10.2 Å². The molecule has 1 aromatic carbocycles. The van der Waals surface area contributed by atoms with Gasteiger partial charge in [-0.05, 0) is 25.5 Å². The quantitative estimate of drug-likeness (QED) is 0.356. The molecule has 1 saturated heterocycles. The van der Waals surface area contributed by atoms with Gasteiger partial charge in [-0.25, -0.2) is 9.97 Å². The third kappa shape index (κ3) is 5.94. The Morgan fingerprint density at radius 3 is 2.70 bits per heavy atom. The number of benzene rings is 1. The van der Waals surface area contributed by atoms with Gasteiger partial charge in [0.15, 0.2) is 6.79 Å². The van der Waals surface area contributed by atoms with E-state index in [1.54, 1.807) is 12.0 Å². The molecule has 1 aliphatic carbocycles. The molecule has 1 saturated carbocycles. The third-order valence-electron chi connectivity index (χ3n) is 6.41. The standard InChI is InChI=1S/C23H27F3N6O4S/c1-12-17(21-30-14-4-2-3-5-16(14)37-21)20(31-22(28-12)27-10-23(24,25)26)29-15-8-13(18(33)19(15)34)9-32-6-7-35-11-36-32/h2-5,13,15,18-19,33-34H,6-11H2,1H3,(H2,27,28,29,31)/t13-,15-,18-,19+/m1/s1. The van der Waals surface area contributed by atoms with E-state index in [4.69, 9.17) is 9.57 Å². The maximum Gasteiger partial charge on any atom is 0.405 e. The van der Waals surface area contributed by atoms with Crippen molar-refractivity contribution in [2.24, 2.45) is 5.92 Å². The van der Waals surface area contributed by atoms with Crippen LogP contribution in [0.4, 0.5) is 24.9 Å². The topological polar surface area (TPSA) is 125 Å². The molecule has 200 valence electrons. The number of anilines is 2. The largest absolute Gasteiger partial charge is 0.405 e. The zero-order valence-electron chi connectivity index (χ0n) is 19.9. The molecule has 0 bridgehead atoms. The summed E-state index contributed by atoms with van der Waals surface area (Å²) < 4.78 is 44.6. The Labute approximate surface area is 214 Å². The number of hydrogen-bond acceptors (Lipinski definition) is 11. The van der Waals surface area contributed by atoms with Gasteiger partial charge in [-0.3, -0.25) is 4.84 Å². The lowest BCUT2D eigenvalue weighted by atomic mass is 10.1. The smallest absolute Gasteiger partial charge is 0.390 e. The molecule has 5 rings (SSSR count). The first-order valence-corrected chi connectivity index (χ1v) is 12.6. The number of halogens is 3. The average molecular weight is 541 g/mol. The van der Waals surface area contributed by atoms with Gasteiger partial charge in [-0.1, -0.05) is 12.1 Å². The van der Waals surface area contributed by atoms with E-state index in [-0.39, 0.29) is 24.5 Å². The molecule has 10 nitrogen and oxygen atoms in total. The minimum atomic E-state index is -4.45. The Bertz CT molecular complexity index is 1210. The van der Waals surface area contributed by atoms with Crippen molar-refractivity contribution in [3.05, 3.63) is 30.0 Å². The summed E-state index contributed by atoms with van der Waals surface area (Å²) >= 11 is 1.41. The van der Waals surface area contributed by atoms with Gasteiger partial charge in [-0.2, -0.15) is 23.2 Å². The zero-order valence-corrected chi connectivity index (χ0v) is 20.7. The number of aliphatic hydroxyl groups excluding tert-OH is 2. The van der Waals surface area contributed by atoms with Crippen LogP contribution in [0.1, 0.15) is 12.1 Å². The Kier molecular flexibility index (Phi) is 7.47. The van der Waals surface area contributed by atoms with Crippen molar-refractivity contribution in [3.8, 4) is 10.6 Å². The molecule has 3 aromatic rings. The van der Waals surface area contributed by atoms with Crippen LogP contribution in [0.25, 0.3) is 20.8 Å². The van der Waals surface area contributed by atoms with Crippen molar-refractivity contribution >= 4 is 33.3 Å². The van der Waals surface area contributed by atoms with Gasteiger partial charge in [0, 0.05) is 19.0 Å². The molecule has 0 radical (unpaired) electrons. The summed E-state index contributed by atoms with van der Waals surface area (Å²) in [5, 5.41) is 29.2. The molecule has 0 spiro atoms. The zero-order chi connectivity index (χ0) is 26.2. The van der Waals surface area contributed by atoms with E-state index < -0.39 is 31.0 Å². The van der Waals surface area contributed by atoms with Crippen LogP contribution < -0.4 is 10.6 Å². The highest BCUT2D eigenvalue weighted by Crippen LogP contribution is 2.38. The molecule has 4 atom stereocenters. The molecule has 3 heterocycles. The summed E-state index contributed by atoms with van der Waals surface area (Å²) in [6, 6.07) is 6.94. The molecule has 37 heavy (non-hydrogen) atoms. The van der Waals surface area contributed by atoms with Crippen LogP contribution in [0.15, 0.2) is 24.3 Å². The maximum absolute atomic E-state index is 12.8. The number of rotatable bonds is 7. The van der Waals surface area contributed by atoms with Gasteiger partial charge < -0.3 is 25.6 Å². The minimum Gasteiger partial charge on any atom is -0.390 e. The van der Waals surface area contributed by atoms with Crippen molar-refractivity contribution in [2.75, 3.05) is 43.7 Å². The summed E-state index contributed by atoms with van der Waals surface area (Å²) in [6.07, 6.45) is -6.22. The first-order valence-electron chi connectivity index (χ1n) is 11.8. The molecule has 1 aliphatic heterocycles. The molecule has 2 aliphatic rings. The van der Waals surface area contributed by atoms with Crippen LogP contribution in [-0.4, -0.2) is 87.7 Å². The Morgan fingerprint density at radius 1 is 1.16 bits per heavy atom. The molecule has 14 heteroatoms. The molecular formula is C23H27F3N6O4S. The summed E-state index contributed by atoms with van der Waals surface area (Å²) in [5.41, 5.74) is 1.72. The van der Waals surface area contributed by atoms with Crippen molar-refractivity contribution in [1.29, 1.82) is 0 Å². The predicted molar refractivity (Wildman–Crippen MR) is 131 cm³/mol. The number of aryl methyl sites for hydroxylation is 1. The highest BCUT2D eigenvalue weighted by molar-refractivity contribution is 7.21. The third-order valence-corrected chi connectivity index (χ3v) is 7.46. The Morgan fingerprint density at radius 2 is 1.97 bits per heavy atom.